The van der Waals surface area contributed by atoms with E-state index in [1.807, 2.05) is 12.1 Å². The van der Waals surface area contributed by atoms with Crippen molar-refractivity contribution in [3.63, 3.8) is 0 Å². The van der Waals surface area contributed by atoms with Crippen molar-refractivity contribution in [1.29, 1.82) is 0 Å². The molecule has 2 aromatic carbocycles. The van der Waals surface area contributed by atoms with Gasteiger partial charge in [0.15, 0.2) is 18.3 Å². The molecule has 5 atom stereocenters. The van der Waals surface area contributed by atoms with Crippen LogP contribution in [0.5, 0.6) is 11.5 Å². The number of nitrogens with zero attached hydrogens (tertiary/aromatic N) is 2. The summed E-state index contributed by atoms with van der Waals surface area (Å²) in [6.07, 6.45) is -8.49. The number of amides is 1. The molecule has 3 aromatic rings. The van der Waals surface area contributed by atoms with Crippen LogP contribution in [0, 0.1) is 10.1 Å². The number of anilines is 1. The Bertz CT molecular complexity index is 1880. The molecular formula is C34H33N3O16S2. The van der Waals surface area contributed by atoms with Gasteiger partial charge in [-0.1, -0.05) is 22.9 Å². The molecule has 1 amide bonds. The summed E-state index contributed by atoms with van der Waals surface area (Å²) in [5, 5.41) is 24.3. The van der Waals surface area contributed by atoms with Gasteiger partial charge < -0.3 is 43.6 Å². The highest BCUT2D eigenvalue weighted by molar-refractivity contribution is 8.76. The number of rotatable bonds is 16. The van der Waals surface area contributed by atoms with Gasteiger partial charge in [0, 0.05) is 51.3 Å². The largest absolute Gasteiger partial charge is 0.514 e. The number of hydrogen-bond acceptors (Lipinski definition) is 18. The second-order valence-electron chi connectivity index (χ2n) is 11.2. The number of pyridine rings is 1. The smallest absolute Gasteiger partial charge is 0.479 e. The van der Waals surface area contributed by atoms with Gasteiger partial charge in [-0.3, -0.25) is 29.3 Å². The standard InChI is InChI=1S/C34H33N3O16S2/c1-18(38)48-28-29(49-19(2)39)31(50-20(3)40)33(53-30(28)32(42)43)52-25-12-7-21(17-47-34(44)51-23-10-8-22(9-11-23)37(45)46)16-24(25)36-26(41)13-15-54-55-27-6-4-5-14-35-27/h4-12,14,16,28-31,33H,13,15,17H2,1-3H3,(H,36,41)(H,42,43)/t28-,29-,30-,31+,33?/m0/s1. The number of nitro groups is 1. The van der Waals surface area contributed by atoms with Crippen molar-refractivity contribution in [2.45, 2.75) is 69.5 Å². The van der Waals surface area contributed by atoms with Crippen molar-refractivity contribution in [3.8, 4) is 11.5 Å². The lowest BCUT2D eigenvalue weighted by Crippen LogP contribution is -2.64. The van der Waals surface area contributed by atoms with E-state index in [-0.39, 0.29) is 29.3 Å². The lowest BCUT2D eigenvalue weighted by Gasteiger charge is -2.42. The molecule has 0 spiro atoms. The molecule has 0 saturated carbocycles. The van der Waals surface area contributed by atoms with Crippen LogP contribution in [-0.4, -0.2) is 87.4 Å². The summed E-state index contributed by atoms with van der Waals surface area (Å²) >= 11 is 0. The Morgan fingerprint density at radius 1 is 0.909 bits per heavy atom. The zero-order valence-corrected chi connectivity index (χ0v) is 30.8. The number of carbonyl (C=O) groups is 6. The maximum absolute atomic E-state index is 13.1. The van der Waals surface area contributed by atoms with Crippen LogP contribution in [0.25, 0.3) is 0 Å². The number of carboxylic acid groups (broad SMARTS) is 1. The van der Waals surface area contributed by atoms with Crippen LogP contribution in [0.2, 0.25) is 0 Å². The normalized spacial score (nSPS) is 18.9. The highest BCUT2D eigenvalue weighted by atomic mass is 33.1. The molecule has 1 aliphatic rings. The fourth-order valence-corrected chi connectivity index (χ4v) is 6.68. The predicted octanol–water partition coefficient (Wildman–Crippen LogP) is 4.46. The average molecular weight is 804 g/mol. The fraction of sp³-hybridized carbons (Fsp3) is 0.324. The minimum Gasteiger partial charge on any atom is -0.479 e. The number of aromatic nitrogens is 1. The Balaban J connectivity index is 1.58. The quantitative estimate of drug-likeness (QED) is 0.0385. The number of aliphatic carboxylic acids is 1. The molecule has 1 unspecified atom stereocenters. The summed E-state index contributed by atoms with van der Waals surface area (Å²) in [5.74, 6) is -4.77. The van der Waals surface area contributed by atoms with Gasteiger partial charge >= 0.3 is 30.0 Å². The van der Waals surface area contributed by atoms with Crippen molar-refractivity contribution >= 4 is 68.9 Å². The van der Waals surface area contributed by atoms with E-state index in [0.29, 0.717) is 11.3 Å². The molecule has 21 heteroatoms. The van der Waals surface area contributed by atoms with E-state index < -0.39 is 78.2 Å². The van der Waals surface area contributed by atoms with Crippen LogP contribution >= 0.6 is 21.6 Å². The van der Waals surface area contributed by atoms with Gasteiger partial charge in [0.25, 0.3) is 5.69 Å². The highest BCUT2D eigenvalue weighted by Gasteiger charge is 2.55. The van der Waals surface area contributed by atoms with Crippen molar-refractivity contribution < 1.29 is 72.0 Å². The molecule has 292 valence electrons. The third-order valence-electron chi connectivity index (χ3n) is 7.01. The molecule has 0 bridgehead atoms. The summed E-state index contributed by atoms with van der Waals surface area (Å²) in [6, 6.07) is 14.2. The number of hydrogen-bond donors (Lipinski definition) is 2. The molecule has 1 saturated heterocycles. The summed E-state index contributed by atoms with van der Waals surface area (Å²) in [4.78, 5) is 88.6. The van der Waals surface area contributed by atoms with E-state index in [2.05, 4.69) is 10.3 Å². The molecule has 1 aliphatic heterocycles. The molecular weight excluding hydrogens is 771 g/mol. The van der Waals surface area contributed by atoms with E-state index in [1.54, 1.807) is 12.3 Å². The van der Waals surface area contributed by atoms with Gasteiger partial charge in [0.2, 0.25) is 18.3 Å². The summed E-state index contributed by atoms with van der Waals surface area (Å²) in [5.41, 5.74) is 0.0477. The number of carboxylic acids is 1. The third kappa shape index (κ3) is 12.9. The molecule has 19 nitrogen and oxygen atoms in total. The number of nitrogens with one attached hydrogen (secondary N) is 1. The number of benzene rings is 2. The number of non-ortho nitro benzene ring substituents is 1. The second kappa shape index (κ2) is 19.9. The van der Waals surface area contributed by atoms with E-state index >= 15 is 0 Å². The first-order chi connectivity index (χ1) is 26.2. The third-order valence-corrected chi connectivity index (χ3v) is 9.27. The van der Waals surface area contributed by atoms with Crippen LogP contribution in [0.4, 0.5) is 16.2 Å². The van der Waals surface area contributed by atoms with Gasteiger partial charge in [-0.15, -0.1) is 0 Å². The van der Waals surface area contributed by atoms with E-state index in [1.165, 1.54) is 51.9 Å². The van der Waals surface area contributed by atoms with E-state index in [9.17, 15) is 44.0 Å². The summed E-state index contributed by atoms with van der Waals surface area (Å²) in [6.45, 7) is 2.60. The fourth-order valence-electron chi connectivity index (χ4n) is 4.81. The summed E-state index contributed by atoms with van der Waals surface area (Å²) in [7, 11) is 2.73. The van der Waals surface area contributed by atoms with E-state index in [4.69, 9.17) is 33.2 Å². The Kier molecular flexibility index (Phi) is 15.2. The van der Waals surface area contributed by atoms with Crippen molar-refractivity contribution in [2.75, 3.05) is 11.1 Å². The molecule has 55 heavy (non-hydrogen) atoms. The molecule has 0 radical (unpaired) electrons. The highest BCUT2D eigenvalue weighted by Crippen LogP contribution is 2.35. The molecule has 4 rings (SSSR count). The lowest BCUT2D eigenvalue weighted by molar-refractivity contribution is -0.384. The van der Waals surface area contributed by atoms with Gasteiger partial charge in [-0.05, 0) is 52.8 Å². The number of ether oxygens (including phenoxy) is 7. The maximum atomic E-state index is 13.1. The van der Waals surface area contributed by atoms with Crippen LogP contribution in [0.15, 0.2) is 71.9 Å². The topological polar surface area (TPSA) is 255 Å². The minimum absolute atomic E-state index is 0.00190. The maximum Gasteiger partial charge on any atom is 0.514 e. The molecule has 1 aromatic heterocycles. The average Bonchev–Trinajstić information content (AvgIpc) is 3.12. The van der Waals surface area contributed by atoms with Crippen LogP contribution in [0.1, 0.15) is 32.8 Å². The first-order valence-electron chi connectivity index (χ1n) is 16.0. The van der Waals surface area contributed by atoms with Crippen molar-refractivity contribution in [2.24, 2.45) is 0 Å². The second-order valence-corrected chi connectivity index (χ2v) is 13.6. The molecule has 0 aliphatic carbocycles. The molecule has 2 N–H and O–H groups in total. The van der Waals surface area contributed by atoms with Gasteiger partial charge in [0.1, 0.15) is 23.1 Å². The Hall–Kier alpha value is -5.93. The summed E-state index contributed by atoms with van der Waals surface area (Å²) < 4.78 is 37.7. The van der Waals surface area contributed by atoms with Gasteiger partial charge in [-0.2, -0.15) is 0 Å². The number of carbonyl (C=O) groups excluding carboxylic acids is 5. The monoisotopic (exact) mass is 803 g/mol. The first-order valence-corrected chi connectivity index (χ1v) is 18.3. The Labute approximate surface area is 319 Å². The first kappa shape index (κ1) is 41.8. The Morgan fingerprint density at radius 3 is 2.20 bits per heavy atom. The molecule has 1 fully saturated rings. The zero-order chi connectivity index (χ0) is 40.1. The van der Waals surface area contributed by atoms with Crippen LogP contribution in [-0.2, 0) is 54.3 Å². The Morgan fingerprint density at radius 2 is 1.58 bits per heavy atom. The van der Waals surface area contributed by atoms with Crippen LogP contribution < -0.4 is 14.8 Å². The van der Waals surface area contributed by atoms with E-state index in [0.717, 1.165) is 37.9 Å². The van der Waals surface area contributed by atoms with Crippen molar-refractivity contribution in [1.82, 2.24) is 4.98 Å². The SMILES string of the molecule is CC(=O)O[C@H]1[C@H](OC(C)=O)[C@@H](OC(C)=O)C(Oc2ccc(COC(=O)Oc3ccc([N+](=O)[O-])cc3)cc2NC(=O)CCSSc2ccccn2)O[C@@H]1C(=O)O. The number of nitro benzene ring substituents is 1. The predicted molar refractivity (Wildman–Crippen MR) is 190 cm³/mol. The van der Waals surface area contributed by atoms with Gasteiger partial charge in [-0.25, -0.2) is 14.6 Å². The van der Waals surface area contributed by atoms with Gasteiger partial charge in [0.05, 0.1) is 10.6 Å². The van der Waals surface area contributed by atoms with Crippen molar-refractivity contribution in [3.05, 3.63) is 82.5 Å². The van der Waals surface area contributed by atoms with Crippen LogP contribution in [0.3, 0.4) is 0 Å². The minimum atomic E-state index is -1.98. The zero-order valence-electron chi connectivity index (χ0n) is 29.1. The number of esters is 3. The molecule has 2 heterocycles. The lowest BCUT2D eigenvalue weighted by atomic mass is 9.97.